The minimum Gasteiger partial charge on any atom is -0.392 e. The molecule has 1 aromatic heterocycles. The summed E-state index contributed by atoms with van der Waals surface area (Å²) in [5, 5.41) is 17.1. The van der Waals surface area contributed by atoms with E-state index in [2.05, 4.69) is 15.3 Å². The molecule has 1 aromatic carbocycles. The number of aryl methyl sites for hydroxylation is 2. The first-order chi connectivity index (χ1) is 12.8. The summed E-state index contributed by atoms with van der Waals surface area (Å²) in [6, 6.07) is 9.76. The number of piperazine rings is 1. The van der Waals surface area contributed by atoms with Gasteiger partial charge in [-0.25, -0.2) is 9.48 Å². The van der Waals surface area contributed by atoms with Gasteiger partial charge in [-0.1, -0.05) is 6.07 Å². The van der Waals surface area contributed by atoms with Crippen LogP contribution in [0.5, 0.6) is 0 Å². The molecule has 2 N–H and O–H groups in total. The minimum absolute atomic E-state index is 0.0929. The van der Waals surface area contributed by atoms with Gasteiger partial charge >= 0.3 is 6.03 Å². The Kier molecular flexibility index (Phi) is 5.82. The zero-order chi connectivity index (χ0) is 19.6. The highest BCUT2D eigenvalue weighted by Gasteiger charge is 2.27. The van der Waals surface area contributed by atoms with E-state index in [0.29, 0.717) is 13.1 Å². The third-order valence-corrected chi connectivity index (χ3v) is 4.85. The number of hydrogen-bond donors (Lipinski definition) is 2. The third kappa shape index (κ3) is 4.67. The summed E-state index contributed by atoms with van der Waals surface area (Å²) in [6.07, 6.45) is -0.352. The van der Waals surface area contributed by atoms with Gasteiger partial charge in [-0.15, -0.1) is 0 Å². The number of carbonyl (C=O) groups is 1. The average Bonchev–Trinajstić information content (AvgIpc) is 2.93. The Morgan fingerprint density at radius 1 is 1.33 bits per heavy atom. The Hall–Kier alpha value is -2.38. The number of β-amino-alcohol motifs (C(OH)–C–C–N with tert-alkyl or cyclic N) is 1. The van der Waals surface area contributed by atoms with Gasteiger partial charge < -0.3 is 15.3 Å². The van der Waals surface area contributed by atoms with Crippen molar-refractivity contribution in [1.29, 1.82) is 0 Å². The van der Waals surface area contributed by atoms with Gasteiger partial charge in [-0.3, -0.25) is 4.90 Å². The molecule has 3 rings (SSSR count). The quantitative estimate of drug-likeness (QED) is 0.866. The van der Waals surface area contributed by atoms with Gasteiger partial charge in [0.2, 0.25) is 0 Å². The first kappa shape index (κ1) is 19.4. The summed E-state index contributed by atoms with van der Waals surface area (Å²) >= 11 is 0. The van der Waals surface area contributed by atoms with E-state index in [9.17, 15) is 9.90 Å². The van der Waals surface area contributed by atoms with Gasteiger partial charge in [-0.05, 0) is 52.0 Å². The molecule has 1 fully saturated rings. The lowest BCUT2D eigenvalue weighted by Crippen LogP contribution is -2.56. The Balaban J connectivity index is 1.66. The van der Waals surface area contributed by atoms with Gasteiger partial charge in [0.25, 0.3) is 0 Å². The van der Waals surface area contributed by atoms with Crippen molar-refractivity contribution in [2.75, 3.05) is 31.5 Å². The largest absolute Gasteiger partial charge is 0.392 e. The molecule has 2 aromatic rings. The van der Waals surface area contributed by atoms with E-state index in [4.69, 9.17) is 0 Å². The molecular weight excluding hydrogens is 342 g/mol. The van der Waals surface area contributed by atoms with Gasteiger partial charge in [-0.2, -0.15) is 5.10 Å². The number of hydrogen-bond acceptors (Lipinski definition) is 4. The molecule has 2 amide bonds. The standard InChI is InChI=1S/C20H29N5O2/c1-14-10-15(2)25(22-14)19-7-5-6-18(11-19)21-20(27)24-9-8-23(12-16(24)3)13-17(4)26/h5-7,10-11,16-17,26H,8-9,12-13H2,1-4H3,(H,21,27). The second-order valence-electron chi connectivity index (χ2n) is 7.47. The lowest BCUT2D eigenvalue weighted by molar-refractivity contribution is 0.0692. The Morgan fingerprint density at radius 3 is 2.74 bits per heavy atom. The van der Waals surface area contributed by atoms with Crippen LogP contribution < -0.4 is 5.32 Å². The smallest absolute Gasteiger partial charge is 0.322 e. The van der Waals surface area contributed by atoms with Crippen LogP contribution >= 0.6 is 0 Å². The number of aliphatic hydroxyl groups excluding tert-OH is 1. The molecule has 2 atom stereocenters. The zero-order valence-electron chi connectivity index (χ0n) is 16.5. The number of aliphatic hydroxyl groups is 1. The minimum atomic E-state index is -0.352. The molecule has 0 aliphatic carbocycles. The van der Waals surface area contributed by atoms with E-state index >= 15 is 0 Å². The molecule has 0 spiro atoms. The lowest BCUT2D eigenvalue weighted by Gasteiger charge is -2.40. The summed E-state index contributed by atoms with van der Waals surface area (Å²) in [6.45, 7) is 10.6. The van der Waals surface area contributed by atoms with Crippen LogP contribution in [0.15, 0.2) is 30.3 Å². The molecular formula is C20H29N5O2. The normalized spacial score (nSPS) is 19.1. The van der Waals surface area contributed by atoms with Crippen molar-refractivity contribution < 1.29 is 9.90 Å². The fourth-order valence-corrected chi connectivity index (χ4v) is 3.68. The van der Waals surface area contributed by atoms with E-state index in [1.807, 2.05) is 60.7 Å². The number of anilines is 1. The highest BCUT2D eigenvalue weighted by molar-refractivity contribution is 5.90. The van der Waals surface area contributed by atoms with Gasteiger partial charge in [0.15, 0.2) is 0 Å². The zero-order valence-corrected chi connectivity index (χ0v) is 16.5. The number of urea groups is 1. The maximum absolute atomic E-state index is 12.8. The molecule has 2 heterocycles. The Morgan fingerprint density at radius 2 is 2.11 bits per heavy atom. The molecule has 2 unspecified atom stereocenters. The molecule has 7 heteroatoms. The number of aromatic nitrogens is 2. The topological polar surface area (TPSA) is 73.6 Å². The predicted molar refractivity (Wildman–Crippen MR) is 106 cm³/mol. The predicted octanol–water partition coefficient (Wildman–Crippen LogP) is 2.41. The maximum Gasteiger partial charge on any atom is 0.322 e. The van der Waals surface area contributed by atoms with E-state index in [1.54, 1.807) is 6.92 Å². The molecule has 1 saturated heterocycles. The van der Waals surface area contributed by atoms with Gasteiger partial charge in [0.05, 0.1) is 17.5 Å². The molecule has 0 radical (unpaired) electrons. The van der Waals surface area contributed by atoms with Crippen molar-refractivity contribution in [1.82, 2.24) is 19.6 Å². The molecule has 1 aliphatic heterocycles. The van der Waals surface area contributed by atoms with Crippen LogP contribution in [-0.2, 0) is 0 Å². The van der Waals surface area contributed by atoms with Crippen molar-refractivity contribution in [2.45, 2.75) is 39.8 Å². The first-order valence-corrected chi connectivity index (χ1v) is 9.45. The fourth-order valence-electron chi connectivity index (χ4n) is 3.68. The van der Waals surface area contributed by atoms with Gasteiger partial charge in [0.1, 0.15) is 0 Å². The monoisotopic (exact) mass is 371 g/mol. The molecule has 0 saturated carbocycles. The lowest BCUT2D eigenvalue weighted by atomic mass is 10.2. The molecule has 7 nitrogen and oxygen atoms in total. The molecule has 1 aliphatic rings. The van der Waals surface area contributed by atoms with Crippen molar-refractivity contribution in [3.05, 3.63) is 41.7 Å². The van der Waals surface area contributed by atoms with Crippen molar-refractivity contribution >= 4 is 11.7 Å². The molecule has 146 valence electrons. The Bertz CT molecular complexity index is 801. The number of amides is 2. The van der Waals surface area contributed by atoms with Crippen molar-refractivity contribution in [3.63, 3.8) is 0 Å². The van der Waals surface area contributed by atoms with E-state index in [-0.39, 0.29) is 18.2 Å². The number of nitrogens with one attached hydrogen (secondary N) is 1. The SMILES string of the molecule is Cc1cc(C)n(-c2cccc(NC(=O)N3CCN(CC(C)O)CC3C)c2)n1. The van der Waals surface area contributed by atoms with E-state index < -0.39 is 0 Å². The second kappa shape index (κ2) is 8.10. The van der Waals surface area contributed by atoms with Crippen LogP contribution in [0.1, 0.15) is 25.2 Å². The van der Waals surface area contributed by atoms with Crippen LogP contribution in [0.3, 0.4) is 0 Å². The summed E-state index contributed by atoms with van der Waals surface area (Å²) in [5.41, 5.74) is 3.70. The summed E-state index contributed by atoms with van der Waals surface area (Å²) in [7, 11) is 0. The van der Waals surface area contributed by atoms with E-state index in [1.165, 1.54) is 0 Å². The highest BCUT2D eigenvalue weighted by Crippen LogP contribution is 2.18. The second-order valence-corrected chi connectivity index (χ2v) is 7.47. The van der Waals surface area contributed by atoms with Crippen LogP contribution in [0.4, 0.5) is 10.5 Å². The Labute approximate surface area is 160 Å². The summed E-state index contributed by atoms with van der Waals surface area (Å²) in [5.74, 6) is 0. The van der Waals surface area contributed by atoms with Crippen molar-refractivity contribution in [2.24, 2.45) is 0 Å². The van der Waals surface area contributed by atoms with Gasteiger partial charge in [0, 0.05) is 43.6 Å². The number of rotatable bonds is 4. The van der Waals surface area contributed by atoms with Crippen molar-refractivity contribution in [3.8, 4) is 5.69 Å². The fraction of sp³-hybridized carbons (Fsp3) is 0.500. The van der Waals surface area contributed by atoms with Crippen LogP contribution in [0.25, 0.3) is 5.69 Å². The van der Waals surface area contributed by atoms with E-state index in [0.717, 1.165) is 35.9 Å². The summed E-state index contributed by atoms with van der Waals surface area (Å²) in [4.78, 5) is 16.8. The first-order valence-electron chi connectivity index (χ1n) is 9.45. The average molecular weight is 371 g/mol. The third-order valence-electron chi connectivity index (χ3n) is 4.85. The van der Waals surface area contributed by atoms with Crippen LogP contribution in [0.2, 0.25) is 0 Å². The maximum atomic E-state index is 12.8. The number of benzene rings is 1. The van der Waals surface area contributed by atoms with Crippen LogP contribution in [-0.4, -0.2) is 69.0 Å². The summed E-state index contributed by atoms with van der Waals surface area (Å²) < 4.78 is 1.88. The molecule has 0 bridgehead atoms. The van der Waals surface area contributed by atoms with Crippen LogP contribution in [0, 0.1) is 13.8 Å². The number of nitrogens with zero attached hydrogens (tertiary/aromatic N) is 4. The highest BCUT2D eigenvalue weighted by atomic mass is 16.3. The number of carbonyl (C=O) groups excluding carboxylic acids is 1. The molecule has 27 heavy (non-hydrogen) atoms.